The summed E-state index contributed by atoms with van der Waals surface area (Å²) in [6.07, 6.45) is -0.671. The Bertz CT molecular complexity index is 1440. The minimum Gasteiger partial charge on any atom is -0.448 e. The number of thioether (sulfide) groups is 3. The van der Waals surface area contributed by atoms with E-state index in [9.17, 15) is 14.4 Å². The summed E-state index contributed by atoms with van der Waals surface area (Å²) in [6, 6.07) is 23.1. The molecule has 0 bridgehead atoms. The predicted octanol–water partition coefficient (Wildman–Crippen LogP) is 6.96. The lowest BCUT2D eigenvalue weighted by molar-refractivity contribution is -0.154. The summed E-state index contributed by atoms with van der Waals surface area (Å²) in [6.45, 7) is 0. The van der Waals surface area contributed by atoms with Crippen molar-refractivity contribution >= 4 is 87.9 Å². The van der Waals surface area contributed by atoms with Gasteiger partial charge in [0.15, 0.2) is 6.10 Å². The van der Waals surface area contributed by atoms with Crippen LogP contribution in [0.2, 0.25) is 10.0 Å². The third-order valence-corrected chi connectivity index (χ3v) is 10.7. The van der Waals surface area contributed by atoms with Gasteiger partial charge in [-0.15, -0.1) is 46.9 Å². The average molecular weight is 666 g/mol. The van der Waals surface area contributed by atoms with Crippen LogP contribution in [0, 0.1) is 0 Å². The summed E-state index contributed by atoms with van der Waals surface area (Å²) in [5, 5.41) is 3.58. The van der Waals surface area contributed by atoms with Gasteiger partial charge in [0, 0.05) is 20.6 Å². The molecule has 2 atom stereocenters. The Morgan fingerprint density at radius 1 is 1.00 bits per heavy atom. The quantitative estimate of drug-likeness (QED) is 0.109. The van der Waals surface area contributed by atoms with Gasteiger partial charge in [-0.05, 0) is 29.3 Å². The molecule has 12 heteroatoms. The van der Waals surface area contributed by atoms with Gasteiger partial charge in [-0.1, -0.05) is 83.9 Å². The van der Waals surface area contributed by atoms with E-state index in [1.165, 1.54) is 40.2 Å². The molecular weight excluding hydrogens is 643 g/mol. The number of amides is 2. The van der Waals surface area contributed by atoms with Gasteiger partial charge in [0.1, 0.15) is 17.1 Å². The van der Waals surface area contributed by atoms with Gasteiger partial charge in [-0.2, -0.15) is 0 Å². The van der Waals surface area contributed by atoms with E-state index in [2.05, 4.69) is 5.32 Å². The first-order valence-corrected chi connectivity index (χ1v) is 16.7. The number of benzene rings is 3. The minimum absolute atomic E-state index is 0.0507. The lowest BCUT2D eigenvalue weighted by atomic mass is 10.0. The number of fused-ring (bicyclic) bond motifs is 1. The van der Waals surface area contributed by atoms with Gasteiger partial charge < -0.3 is 10.1 Å². The highest BCUT2D eigenvalue weighted by atomic mass is 35.5. The topological polar surface area (TPSA) is 75.7 Å². The maximum Gasteiger partial charge on any atom is 0.356 e. The molecule has 3 aromatic carbocycles. The van der Waals surface area contributed by atoms with Crippen molar-refractivity contribution in [3.05, 3.63) is 111 Å². The molecule has 2 amide bonds. The monoisotopic (exact) mass is 664 g/mol. The van der Waals surface area contributed by atoms with Gasteiger partial charge >= 0.3 is 5.97 Å². The molecule has 0 unspecified atom stereocenters. The van der Waals surface area contributed by atoms with Gasteiger partial charge in [0.05, 0.1) is 16.0 Å². The molecule has 2 heterocycles. The Morgan fingerprint density at radius 3 is 2.29 bits per heavy atom. The summed E-state index contributed by atoms with van der Waals surface area (Å²) in [7, 11) is 0. The molecule has 0 aliphatic carbocycles. The molecule has 1 saturated heterocycles. The van der Waals surface area contributed by atoms with Crippen LogP contribution in [0.15, 0.2) is 94.4 Å². The summed E-state index contributed by atoms with van der Waals surface area (Å²) in [4.78, 5) is 42.7. The molecule has 0 aromatic heterocycles. The fourth-order valence-corrected chi connectivity index (χ4v) is 8.33. The largest absolute Gasteiger partial charge is 0.448 e. The molecule has 212 valence electrons. The van der Waals surface area contributed by atoms with Gasteiger partial charge in [-0.3, -0.25) is 14.5 Å². The third kappa shape index (κ3) is 6.87. The van der Waals surface area contributed by atoms with Crippen LogP contribution in [0.25, 0.3) is 0 Å². The van der Waals surface area contributed by atoms with Crippen molar-refractivity contribution in [1.29, 1.82) is 0 Å². The number of carbonyl (C=O) groups excluding carboxylic acids is 3. The molecule has 1 fully saturated rings. The first-order chi connectivity index (χ1) is 19.9. The minimum atomic E-state index is -0.771. The molecule has 5 rings (SSSR count). The third-order valence-electron chi connectivity index (χ3n) is 6.35. The first-order valence-electron chi connectivity index (χ1n) is 12.4. The highest BCUT2D eigenvalue weighted by Crippen LogP contribution is 2.44. The fourth-order valence-electron chi connectivity index (χ4n) is 4.45. The standard InChI is InChI=1S/C29H23Cl3N2O4S3/c30-16-41-22-14-40-28-24(33-23(35)15-39-21-13-19(31)11-12-20(21)32)27(36)34(28)25(22)29(37)38-26(17-7-3-1-4-8-17)18-9-5-2-6-10-18/h1-13,24,26,28H,14-16H2,(H,33,35)/t24-,28-/m1/s1. The number of halogens is 3. The van der Waals surface area contributed by atoms with Crippen molar-refractivity contribution in [2.45, 2.75) is 22.4 Å². The number of alkyl halides is 1. The molecule has 0 radical (unpaired) electrons. The lowest BCUT2D eigenvalue weighted by Crippen LogP contribution is -2.70. The Labute approximate surface area is 265 Å². The smallest absolute Gasteiger partial charge is 0.356 e. The van der Waals surface area contributed by atoms with Crippen LogP contribution in [0.4, 0.5) is 0 Å². The number of hydrogen-bond donors (Lipinski definition) is 1. The number of ether oxygens (including phenoxy) is 1. The van der Waals surface area contributed by atoms with Gasteiger partial charge in [-0.25, -0.2) is 4.79 Å². The van der Waals surface area contributed by atoms with E-state index in [1.54, 1.807) is 18.2 Å². The van der Waals surface area contributed by atoms with Crippen LogP contribution < -0.4 is 5.32 Å². The number of rotatable bonds is 10. The van der Waals surface area contributed by atoms with E-state index >= 15 is 0 Å². The fraction of sp³-hybridized carbons (Fsp3) is 0.207. The first kappa shape index (κ1) is 30.2. The zero-order valence-corrected chi connectivity index (χ0v) is 26.0. The van der Waals surface area contributed by atoms with E-state index in [0.717, 1.165) is 11.1 Å². The van der Waals surface area contributed by atoms with E-state index < -0.39 is 23.5 Å². The summed E-state index contributed by atoms with van der Waals surface area (Å²) < 4.78 is 6.09. The van der Waals surface area contributed by atoms with Crippen molar-refractivity contribution in [2.75, 3.05) is 16.7 Å². The van der Waals surface area contributed by atoms with Crippen molar-refractivity contribution in [1.82, 2.24) is 10.2 Å². The van der Waals surface area contributed by atoms with Crippen LogP contribution in [-0.2, 0) is 19.1 Å². The van der Waals surface area contributed by atoms with E-state index in [-0.39, 0.29) is 28.5 Å². The van der Waals surface area contributed by atoms with Crippen LogP contribution in [0.5, 0.6) is 0 Å². The van der Waals surface area contributed by atoms with E-state index in [0.29, 0.717) is 25.6 Å². The molecule has 2 aliphatic rings. The normalized spacial score (nSPS) is 18.1. The Hall–Kier alpha value is -2.27. The molecule has 2 aliphatic heterocycles. The van der Waals surface area contributed by atoms with Crippen molar-refractivity contribution in [3.8, 4) is 0 Å². The molecule has 3 aromatic rings. The molecule has 0 spiro atoms. The van der Waals surface area contributed by atoms with Crippen molar-refractivity contribution in [3.63, 3.8) is 0 Å². The summed E-state index contributed by atoms with van der Waals surface area (Å²) in [5.41, 5.74) is 1.78. The van der Waals surface area contributed by atoms with Crippen LogP contribution in [0.3, 0.4) is 0 Å². The average Bonchev–Trinajstić information content (AvgIpc) is 2.99. The molecule has 1 N–H and O–H groups in total. The Balaban J connectivity index is 1.32. The lowest BCUT2D eigenvalue weighted by Gasteiger charge is -2.49. The molecule has 41 heavy (non-hydrogen) atoms. The number of esters is 1. The Morgan fingerprint density at radius 2 is 1.66 bits per heavy atom. The Kier molecular flexibility index (Phi) is 10.2. The number of nitrogens with zero attached hydrogens (tertiary/aromatic N) is 1. The van der Waals surface area contributed by atoms with Crippen molar-refractivity contribution in [2.24, 2.45) is 0 Å². The highest BCUT2D eigenvalue weighted by molar-refractivity contribution is 8.07. The van der Waals surface area contributed by atoms with Gasteiger partial charge in [0.25, 0.3) is 5.91 Å². The summed E-state index contributed by atoms with van der Waals surface area (Å²) >= 11 is 22.3. The molecule has 6 nitrogen and oxygen atoms in total. The van der Waals surface area contributed by atoms with Gasteiger partial charge in [0.2, 0.25) is 5.91 Å². The number of hydrogen-bond acceptors (Lipinski definition) is 7. The summed E-state index contributed by atoms with van der Waals surface area (Å²) in [5.74, 6) is -0.819. The second-order valence-corrected chi connectivity index (χ2v) is 13.6. The molecule has 0 saturated carbocycles. The van der Waals surface area contributed by atoms with Crippen LogP contribution in [0.1, 0.15) is 17.2 Å². The van der Waals surface area contributed by atoms with E-state index in [1.807, 2.05) is 60.7 Å². The second-order valence-electron chi connectivity index (χ2n) is 8.95. The molecular formula is C29H23Cl3N2O4S3. The van der Waals surface area contributed by atoms with Crippen molar-refractivity contribution < 1.29 is 19.1 Å². The number of β-lactam (4-membered cyclic amide) rings is 1. The number of nitrogens with one attached hydrogen (secondary N) is 1. The maximum absolute atomic E-state index is 13.8. The second kappa shape index (κ2) is 13.8. The maximum atomic E-state index is 13.8. The number of carbonyl (C=O) groups is 3. The zero-order valence-electron chi connectivity index (χ0n) is 21.3. The van der Waals surface area contributed by atoms with E-state index in [4.69, 9.17) is 39.5 Å². The zero-order chi connectivity index (χ0) is 28.9. The van der Waals surface area contributed by atoms with Crippen LogP contribution >= 0.6 is 70.1 Å². The van der Waals surface area contributed by atoms with Crippen LogP contribution in [-0.4, -0.2) is 50.8 Å². The SMILES string of the molecule is O=C(CSc1cc(Cl)ccc1Cl)N[C@@H]1C(=O)N2C(C(=O)OC(c3ccccc3)c3ccccc3)=C(SCCl)CS[C@H]12. The predicted molar refractivity (Wildman–Crippen MR) is 168 cm³/mol. The highest BCUT2D eigenvalue weighted by Gasteiger charge is 2.54.